The Hall–Kier alpha value is -1.67. The molecule has 1 atom stereocenters. The van der Waals surface area contributed by atoms with Crippen LogP contribution in [0.5, 0.6) is 0 Å². The minimum absolute atomic E-state index is 0.170. The normalized spacial score (nSPS) is 14.4. The van der Waals surface area contributed by atoms with E-state index in [4.69, 9.17) is 10.9 Å². The van der Waals surface area contributed by atoms with Gasteiger partial charge in [0.15, 0.2) is 5.84 Å². The van der Waals surface area contributed by atoms with Crippen LogP contribution in [-0.4, -0.2) is 25.5 Å². The van der Waals surface area contributed by atoms with Gasteiger partial charge in [0.1, 0.15) is 5.82 Å². The molecule has 0 saturated carbocycles. The molecule has 0 aliphatic rings. The van der Waals surface area contributed by atoms with Crippen molar-refractivity contribution >= 4 is 15.9 Å². The monoisotopic (exact) mass is 289 g/mol. The molecule has 1 aromatic carbocycles. The summed E-state index contributed by atoms with van der Waals surface area (Å²) in [5, 5.41) is 11.3. The lowest BCUT2D eigenvalue weighted by Gasteiger charge is -2.16. The summed E-state index contributed by atoms with van der Waals surface area (Å²) in [5.41, 5.74) is 5.79. The molecule has 1 rings (SSSR count). The molecule has 106 valence electrons. The molecule has 6 nitrogen and oxygen atoms in total. The van der Waals surface area contributed by atoms with Crippen molar-refractivity contribution in [1.82, 2.24) is 4.72 Å². The van der Waals surface area contributed by atoms with Crippen LogP contribution < -0.4 is 10.5 Å². The first kappa shape index (κ1) is 15.4. The van der Waals surface area contributed by atoms with Crippen LogP contribution >= 0.6 is 0 Å². The van der Waals surface area contributed by atoms with Gasteiger partial charge in [-0.25, -0.2) is 17.5 Å². The van der Waals surface area contributed by atoms with E-state index in [0.717, 1.165) is 6.07 Å². The van der Waals surface area contributed by atoms with E-state index in [1.165, 1.54) is 12.1 Å². The minimum Gasteiger partial charge on any atom is -0.409 e. The van der Waals surface area contributed by atoms with Gasteiger partial charge in [-0.15, -0.1) is 0 Å². The largest absolute Gasteiger partial charge is 0.409 e. The van der Waals surface area contributed by atoms with Gasteiger partial charge in [-0.2, -0.15) is 0 Å². The number of benzene rings is 1. The molecule has 0 bridgehead atoms. The number of rotatable bonds is 5. The van der Waals surface area contributed by atoms with Crippen molar-refractivity contribution in [2.75, 3.05) is 0 Å². The number of amidine groups is 1. The minimum atomic E-state index is -3.94. The fourth-order valence-corrected chi connectivity index (χ4v) is 3.09. The molecule has 0 heterocycles. The number of oxime groups is 1. The third kappa shape index (κ3) is 3.65. The maximum atomic E-state index is 13.1. The number of halogens is 1. The number of hydrogen-bond acceptors (Lipinski definition) is 4. The summed E-state index contributed by atoms with van der Waals surface area (Å²) in [6.45, 7) is 3.22. The predicted molar refractivity (Wildman–Crippen MR) is 68.9 cm³/mol. The highest BCUT2D eigenvalue weighted by Crippen LogP contribution is 2.17. The van der Waals surface area contributed by atoms with Crippen molar-refractivity contribution in [3.8, 4) is 0 Å². The third-order valence-corrected chi connectivity index (χ3v) is 4.23. The molecule has 0 aromatic heterocycles. The Morgan fingerprint density at radius 3 is 2.74 bits per heavy atom. The standard InChI is InChI=1S/C11H16FN3O3S/c1-3-9(11(13)14-16)15-19(17,18)10-6-8(12)5-4-7(10)2/h4-6,9,15-16H,3H2,1-2H3,(H2,13,14). The van der Waals surface area contributed by atoms with Crippen LogP contribution in [-0.2, 0) is 10.0 Å². The smallest absolute Gasteiger partial charge is 0.241 e. The van der Waals surface area contributed by atoms with Crippen molar-refractivity contribution < 1.29 is 18.0 Å². The van der Waals surface area contributed by atoms with Crippen LogP contribution in [0.2, 0.25) is 0 Å². The van der Waals surface area contributed by atoms with E-state index >= 15 is 0 Å². The summed E-state index contributed by atoms with van der Waals surface area (Å²) < 4.78 is 39.7. The number of sulfonamides is 1. The van der Waals surface area contributed by atoms with Crippen LogP contribution in [0.25, 0.3) is 0 Å². The molecule has 0 radical (unpaired) electrons. The molecule has 1 aromatic rings. The second kappa shape index (κ2) is 5.98. The van der Waals surface area contributed by atoms with Gasteiger partial charge in [0.2, 0.25) is 10.0 Å². The Morgan fingerprint density at radius 1 is 1.58 bits per heavy atom. The first-order chi connectivity index (χ1) is 8.81. The van der Waals surface area contributed by atoms with Crippen molar-refractivity contribution in [3.63, 3.8) is 0 Å². The zero-order chi connectivity index (χ0) is 14.6. The summed E-state index contributed by atoms with van der Waals surface area (Å²) in [4.78, 5) is -0.170. The second-order valence-corrected chi connectivity index (χ2v) is 5.70. The predicted octanol–water partition coefficient (Wildman–Crippen LogP) is 0.937. The van der Waals surface area contributed by atoms with E-state index in [1.807, 2.05) is 0 Å². The molecule has 0 aliphatic carbocycles. The average molecular weight is 289 g/mol. The summed E-state index contributed by atoms with van der Waals surface area (Å²) in [5.74, 6) is -0.900. The van der Waals surface area contributed by atoms with E-state index in [-0.39, 0.29) is 10.7 Å². The number of nitrogens with two attached hydrogens (primary N) is 1. The molecule has 19 heavy (non-hydrogen) atoms. The summed E-state index contributed by atoms with van der Waals surface area (Å²) in [6, 6.07) is 2.62. The number of hydrogen-bond donors (Lipinski definition) is 3. The van der Waals surface area contributed by atoms with Crippen LogP contribution in [0, 0.1) is 12.7 Å². The van der Waals surface area contributed by atoms with E-state index in [2.05, 4.69) is 9.88 Å². The van der Waals surface area contributed by atoms with Gasteiger partial charge in [0.05, 0.1) is 10.9 Å². The molecule has 1 unspecified atom stereocenters. The lowest BCUT2D eigenvalue weighted by atomic mass is 10.2. The maximum Gasteiger partial charge on any atom is 0.241 e. The second-order valence-electron chi connectivity index (χ2n) is 4.02. The van der Waals surface area contributed by atoms with Gasteiger partial charge >= 0.3 is 0 Å². The molecule has 0 amide bonds. The van der Waals surface area contributed by atoms with E-state index < -0.39 is 21.9 Å². The van der Waals surface area contributed by atoms with Crippen molar-refractivity contribution in [2.45, 2.75) is 31.2 Å². The molecule has 0 fully saturated rings. The van der Waals surface area contributed by atoms with Gasteiger partial charge in [-0.1, -0.05) is 18.1 Å². The van der Waals surface area contributed by atoms with Crippen LogP contribution in [0.4, 0.5) is 4.39 Å². The maximum absolute atomic E-state index is 13.1. The van der Waals surface area contributed by atoms with Gasteiger partial charge in [0, 0.05) is 0 Å². The molecule has 0 aliphatic heterocycles. The zero-order valence-electron chi connectivity index (χ0n) is 10.6. The van der Waals surface area contributed by atoms with Gasteiger partial charge < -0.3 is 10.9 Å². The topological polar surface area (TPSA) is 105 Å². The highest BCUT2D eigenvalue weighted by Gasteiger charge is 2.23. The van der Waals surface area contributed by atoms with Crippen molar-refractivity contribution in [3.05, 3.63) is 29.6 Å². The fourth-order valence-electron chi connectivity index (χ4n) is 1.54. The number of nitrogens with one attached hydrogen (secondary N) is 1. The SMILES string of the molecule is CCC(NS(=O)(=O)c1cc(F)ccc1C)/C(N)=N/O. The van der Waals surface area contributed by atoms with E-state index in [9.17, 15) is 12.8 Å². The molecular weight excluding hydrogens is 273 g/mol. The average Bonchev–Trinajstić information content (AvgIpc) is 2.37. The molecule has 4 N–H and O–H groups in total. The van der Waals surface area contributed by atoms with Gasteiger partial charge in [-0.3, -0.25) is 0 Å². The number of nitrogens with zero attached hydrogens (tertiary/aromatic N) is 1. The quantitative estimate of drug-likeness (QED) is 0.324. The Balaban J connectivity index is 3.14. The summed E-state index contributed by atoms with van der Waals surface area (Å²) >= 11 is 0. The van der Waals surface area contributed by atoms with E-state index in [1.54, 1.807) is 13.8 Å². The summed E-state index contributed by atoms with van der Waals surface area (Å²) in [7, 11) is -3.94. The first-order valence-electron chi connectivity index (χ1n) is 5.57. The van der Waals surface area contributed by atoms with Crippen LogP contribution in [0.15, 0.2) is 28.3 Å². The highest BCUT2D eigenvalue weighted by molar-refractivity contribution is 7.89. The van der Waals surface area contributed by atoms with Crippen LogP contribution in [0.3, 0.4) is 0 Å². The van der Waals surface area contributed by atoms with E-state index in [0.29, 0.717) is 12.0 Å². The number of aryl methyl sites for hydroxylation is 1. The summed E-state index contributed by atoms with van der Waals surface area (Å²) in [6.07, 6.45) is 0.295. The van der Waals surface area contributed by atoms with Crippen LogP contribution in [0.1, 0.15) is 18.9 Å². The van der Waals surface area contributed by atoms with Crippen molar-refractivity contribution in [1.29, 1.82) is 0 Å². The Labute approximate surface area is 111 Å². The molecule has 0 saturated heterocycles. The van der Waals surface area contributed by atoms with Gasteiger partial charge in [0.25, 0.3) is 0 Å². The highest BCUT2D eigenvalue weighted by atomic mass is 32.2. The van der Waals surface area contributed by atoms with Crippen molar-refractivity contribution in [2.24, 2.45) is 10.9 Å². The zero-order valence-corrected chi connectivity index (χ0v) is 11.4. The molecular formula is C11H16FN3O3S. The Morgan fingerprint density at radius 2 is 2.21 bits per heavy atom. The fraction of sp³-hybridized carbons (Fsp3) is 0.364. The van der Waals surface area contributed by atoms with Gasteiger partial charge in [-0.05, 0) is 31.0 Å². The Bertz CT molecular complexity index is 587. The third-order valence-electron chi connectivity index (χ3n) is 2.62. The Kier molecular flexibility index (Phi) is 4.84. The molecule has 8 heteroatoms. The lowest BCUT2D eigenvalue weighted by Crippen LogP contribution is -2.44. The lowest BCUT2D eigenvalue weighted by molar-refractivity contribution is 0.315. The first-order valence-corrected chi connectivity index (χ1v) is 7.06. The molecule has 0 spiro atoms.